The van der Waals surface area contributed by atoms with Crippen LogP contribution in [0.15, 0.2) is 48.5 Å². The van der Waals surface area contributed by atoms with E-state index in [-0.39, 0.29) is 11.5 Å². The molecule has 0 radical (unpaired) electrons. The molecule has 1 amide bonds. The van der Waals surface area contributed by atoms with Gasteiger partial charge in [0.25, 0.3) is 5.91 Å². The van der Waals surface area contributed by atoms with E-state index in [9.17, 15) is 9.18 Å². The molecule has 2 aromatic rings. The zero-order chi connectivity index (χ0) is 17.9. The molecule has 0 aromatic heterocycles. The van der Waals surface area contributed by atoms with Crippen LogP contribution in [-0.2, 0) is 0 Å². The van der Waals surface area contributed by atoms with E-state index in [1.54, 1.807) is 6.07 Å². The van der Waals surface area contributed by atoms with Crippen molar-refractivity contribution in [2.75, 3.05) is 13.1 Å². The van der Waals surface area contributed by atoms with Gasteiger partial charge in [-0.3, -0.25) is 4.79 Å². The van der Waals surface area contributed by atoms with Crippen molar-refractivity contribution in [3.63, 3.8) is 0 Å². The highest BCUT2D eigenvalue weighted by Crippen LogP contribution is 2.36. The van der Waals surface area contributed by atoms with Gasteiger partial charge in [-0.15, -0.1) is 0 Å². The fourth-order valence-electron chi connectivity index (χ4n) is 4.33. The Morgan fingerprint density at radius 2 is 1.62 bits per heavy atom. The van der Waals surface area contributed by atoms with E-state index in [1.807, 2.05) is 41.3 Å². The second kappa shape index (κ2) is 7.61. The monoisotopic (exact) mass is 351 g/mol. The highest BCUT2D eigenvalue weighted by atomic mass is 19.1. The molecule has 2 fully saturated rings. The lowest BCUT2D eigenvalue weighted by atomic mass is 9.76. The maximum absolute atomic E-state index is 14.6. The number of hydrogen-bond donors (Lipinski definition) is 0. The summed E-state index contributed by atoms with van der Waals surface area (Å²) >= 11 is 0. The summed E-state index contributed by atoms with van der Waals surface area (Å²) in [5.41, 5.74) is 1.79. The van der Waals surface area contributed by atoms with Crippen molar-refractivity contribution in [3.05, 3.63) is 59.9 Å². The summed E-state index contributed by atoms with van der Waals surface area (Å²) in [7, 11) is 0. The number of likely N-dealkylation sites (tertiary alicyclic amines) is 1. The van der Waals surface area contributed by atoms with E-state index in [0.29, 0.717) is 5.56 Å². The molecule has 1 heterocycles. The predicted octanol–water partition coefficient (Wildman–Crippen LogP) is 5.54. The van der Waals surface area contributed by atoms with E-state index in [2.05, 4.69) is 0 Å². The third-order valence-electron chi connectivity index (χ3n) is 6.11. The van der Waals surface area contributed by atoms with Crippen molar-refractivity contribution in [1.82, 2.24) is 4.90 Å². The van der Waals surface area contributed by atoms with Crippen molar-refractivity contribution in [3.8, 4) is 11.1 Å². The minimum absolute atomic E-state index is 0.163. The molecular weight excluding hydrogens is 325 g/mol. The van der Waals surface area contributed by atoms with Gasteiger partial charge in [0.1, 0.15) is 5.82 Å². The molecule has 136 valence electrons. The van der Waals surface area contributed by atoms with E-state index in [0.717, 1.165) is 43.3 Å². The average Bonchev–Trinajstić information content (AvgIpc) is 2.65. The van der Waals surface area contributed by atoms with Crippen LogP contribution >= 0.6 is 0 Å². The van der Waals surface area contributed by atoms with Crippen LogP contribution in [-0.4, -0.2) is 23.9 Å². The topological polar surface area (TPSA) is 20.3 Å². The molecule has 3 heteroatoms. The molecule has 0 spiro atoms. The van der Waals surface area contributed by atoms with Gasteiger partial charge in [0.15, 0.2) is 0 Å². The number of benzene rings is 2. The first-order chi connectivity index (χ1) is 12.7. The molecule has 1 aliphatic heterocycles. The third-order valence-corrected chi connectivity index (χ3v) is 6.11. The lowest BCUT2D eigenvalue weighted by Gasteiger charge is -2.36. The Labute approximate surface area is 155 Å². The molecule has 26 heavy (non-hydrogen) atoms. The Kier molecular flexibility index (Phi) is 5.05. The average molecular weight is 351 g/mol. The minimum atomic E-state index is -0.423. The molecule has 2 aromatic carbocycles. The van der Waals surface area contributed by atoms with E-state index in [1.165, 1.54) is 31.7 Å². The normalized spacial score (nSPS) is 18.6. The van der Waals surface area contributed by atoms with Crippen LogP contribution in [0.1, 0.15) is 48.9 Å². The lowest BCUT2D eigenvalue weighted by Crippen LogP contribution is -2.39. The van der Waals surface area contributed by atoms with Crippen LogP contribution in [0.2, 0.25) is 0 Å². The highest BCUT2D eigenvalue weighted by molar-refractivity contribution is 6.01. The maximum atomic E-state index is 14.6. The molecule has 0 bridgehead atoms. The van der Waals surface area contributed by atoms with Gasteiger partial charge in [-0.1, -0.05) is 61.7 Å². The summed E-state index contributed by atoms with van der Waals surface area (Å²) in [5, 5.41) is 0. The summed E-state index contributed by atoms with van der Waals surface area (Å²) in [6.45, 7) is 1.50. The van der Waals surface area contributed by atoms with Crippen LogP contribution in [0.4, 0.5) is 4.39 Å². The lowest BCUT2D eigenvalue weighted by molar-refractivity contribution is 0.0665. The molecule has 2 aliphatic rings. The summed E-state index contributed by atoms with van der Waals surface area (Å²) < 4.78 is 14.6. The molecule has 1 saturated carbocycles. The number of hydrogen-bond acceptors (Lipinski definition) is 1. The molecule has 1 saturated heterocycles. The van der Waals surface area contributed by atoms with Gasteiger partial charge in [-0.25, -0.2) is 4.39 Å². The molecule has 2 nitrogen and oxygen atoms in total. The Hall–Kier alpha value is -2.16. The molecule has 0 N–H and O–H groups in total. The zero-order valence-corrected chi connectivity index (χ0v) is 15.2. The zero-order valence-electron chi connectivity index (χ0n) is 15.2. The van der Waals surface area contributed by atoms with Crippen molar-refractivity contribution in [2.24, 2.45) is 11.8 Å². The predicted molar refractivity (Wildman–Crippen MR) is 102 cm³/mol. The summed E-state index contributed by atoms with van der Waals surface area (Å²) in [4.78, 5) is 14.9. The van der Waals surface area contributed by atoms with Crippen molar-refractivity contribution in [2.45, 2.75) is 38.5 Å². The van der Waals surface area contributed by atoms with E-state index in [4.69, 9.17) is 0 Å². The first-order valence-electron chi connectivity index (χ1n) is 9.85. The van der Waals surface area contributed by atoms with Crippen molar-refractivity contribution in [1.29, 1.82) is 0 Å². The van der Waals surface area contributed by atoms with E-state index < -0.39 is 5.82 Å². The quantitative estimate of drug-likeness (QED) is 0.709. The Morgan fingerprint density at radius 1 is 0.923 bits per heavy atom. The van der Waals surface area contributed by atoms with Crippen LogP contribution in [0.25, 0.3) is 11.1 Å². The Balaban J connectivity index is 1.50. The van der Waals surface area contributed by atoms with Gasteiger partial charge in [-0.2, -0.15) is 0 Å². The van der Waals surface area contributed by atoms with E-state index >= 15 is 0 Å². The summed E-state index contributed by atoms with van der Waals surface area (Å²) in [6.07, 6.45) is 7.58. The Morgan fingerprint density at radius 3 is 2.27 bits per heavy atom. The van der Waals surface area contributed by atoms with Crippen LogP contribution in [0, 0.1) is 17.7 Å². The largest absolute Gasteiger partial charge is 0.339 e. The molecule has 4 rings (SSSR count). The number of nitrogens with zero attached hydrogens (tertiary/aromatic N) is 1. The summed E-state index contributed by atoms with van der Waals surface area (Å²) in [5.74, 6) is 1.06. The first kappa shape index (κ1) is 17.3. The number of rotatable bonds is 4. The fourth-order valence-corrected chi connectivity index (χ4v) is 4.33. The number of carbonyl (C=O) groups is 1. The van der Waals surface area contributed by atoms with Crippen molar-refractivity contribution >= 4 is 5.91 Å². The molecule has 0 unspecified atom stereocenters. The second-order valence-electron chi connectivity index (χ2n) is 7.80. The molecule has 0 atom stereocenters. The minimum Gasteiger partial charge on any atom is -0.339 e. The second-order valence-corrected chi connectivity index (χ2v) is 7.80. The standard InChI is InChI=1S/C23H26FNO/c24-21-11-5-10-20(19-8-2-1-3-9-19)22(21)23(26)25-14-12-18(13-15-25)16-17-6-4-7-17/h1-3,5,8-11,17-18H,4,6-7,12-16H2. The summed E-state index contributed by atoms with van der Waals surface area (Å²) in [6, 6.07) is 14.5. The number of piperidine rings is 1. The molecular formula is C23H26FNO. The first-order valence-corrected chi connectivity index (χ1v) is 9.85. The van der Waals surface area contributed by atoms with Gasteiger partial charge in [-0.05, 0) is 48.3 Å². The Bertz CT molecular complexity index is 761. The molecule has 1 aliphatic carbocycles. The number of halogens is 1. The van der Waals surface area contributed by atoms with Crippen LogP contribution in [0.3, 0.4) is 0 Å². The van der Waals surface area contributed by atoms with Gasteiger partial charge < -0.3 is 4.90 Å². The van der Waals surface area contributed by atoms with Crippen LogP contribution < -0.4 is 0 Å². The van der Waals surface area contributed by atoms with Gasteiger partial charge in [0.05, 0.1) is 5.56 Å². The fraction of sp³-hybridized carbons (Fsp3) is 0.435. The SMILES string of the molecule is O=C(c1c(F)cccc1-c1ccccc1)N1CCC(CC2CCC2)CC1. The van der Waals surface area contributed by atoms with Crippen LogP contribution in [0.5, 0.6) is 0 Å². The van der Waals surface area contributed by atoms with Gasteiger partial charge in [0, 0.05) is 13.1 Å². The number of amides is 1. The number of carbonyl (C=O) groups excluding carboxylic acids is 1. The van der Waals surface area contributed by atoms with Gasteiger partial charge in [0.2, 0.25) is 0 Å². The maximum Gasteiger partial charge on any atom is 0.257 e. The van der Waals surface area contributed by atoms with Crippen molar-refractivity contribution < 1.29 is 9.18 Å². The highest BCUT2D eigenvalue weighted by Gasteiger charge is 2.29. The smallest absolute Gasteiger partial charge is 0.257 e. The third kappa shape index (κ3) is 3.53. The van der Waals surface area contributed by atoms with Gasteiger partial charge >= 0.3 is 0 Å².